The predicted molar refractivity (Wildman–Crippen MR) is 84.7 cm³/mol. The molecule has 0 fully saturated rings. The molecule has 0 bridgehead atoms. The van der Waals surface area contributed by atoms with E-state index < -0.39 is 0 Å². The molecule has 0 saturated heterocycles. The topological polar surface area (TPSA) is 56.0 Å². The maximum Gasteiger partial charge on any atom is 0.159 e. The van der Waals surface area contributed by atoms with Gasteiger partial charge in [-0.1, -0.05) is 29.8 Å². The summed E-state index contributed by atoms with van der Waals surface area (Å²) in [6, 6.07) is 9.67. The van der Waals surface area contributed by atoms with Crippen LogP contribution in [0.4, 0.5) is 0 Å². The molecule has 3 aromatic rings. The van der Waals surface area contributed by atoms with Gasteiger partial charge in [-0.25, -0.2) is 0 Å². The van der Waals surface area contributed by atoms with Crippen LogP contribution in [0.3, 0.4) is 0 Å². The first-order valence-corrected chi connectivity index (χ1v) is 7.28. The number of benzene rings is 1. The van der Waals surface area contributed by atoms with E-state index in [1.54, 1.807) is 6.20 Å². The molecular weight excluding hydrogens is 298 g/mol. The van der Waals surface area contributed by atoms with Gasteiger partial charge in [0.25, 0.3) is 0 Å². The molecular formula is C16H12ClN5. The first-order chi connectivity index (χ1) is 10.8. The first-order valence-electron chi connectivity index (χ1n) is 6.90. The highest BCUT2D eigenvalue weighted by Crippen LogP contribution is 2.27. The van der Waals surface area contributed by atoms with E-state index in [2.05, 4.69) is 15.2 Å². The van der Waals surface area contributed by atoms with Crippen molar-refractivity contribution in [3.05, 3.63) is 70.5 Å². The summed E-state index contributed by atoms with van der Waals surface area (Å²) < 4.78 is 2.00. The van der Waals surface area contributed by atoms with Gasteiger partial charge in [-0.3, -0.25) is 14.5 Å². The lowest BCUT2D eigenvalue weighted by Gasteiger charge is -2.12. The normalized spacial score (nSPS) is 13.1. The minimum Gasteiger partial charge on any atom is -0.279 e. The zero-order valence-corrected chi connectivity index (χ0v) is 12.6. The molecule has 6 heteroatoms. The van der Waals surface area contributed by atoms with Crippen molar-refractivity contribution in [3.63, 3.8) is 0 Å². The molecule has 22 heavy (non-hydrogen) atoms. The van der Waals surface area contributed by atoms with Crippen LogP contribution in [-0.2, 0) is 6.54 Å². The van der Waals surface area contributed by atoms with Crippen molar-refractivity contribution in [3.8, 4) is 5.69 Å². The summed E-state index contributed by atoms with van der Waals surface area (Å²) in [7, 11) is 0. The van der Waals surface area contributed by atoms with Crippen LogP contribution in [0.25, 0.3) is 5.69 Å². The molecule has 3 heterocycles. The van der Waals surface area contributed by atoms with Gasteiger partial charge >= 0.3 is 0 Å². The number of hydrogen-bond acceptors (Lipinski definition) is 4. The molecule has 0 spiro atoms. The molecule has 4 rings (SSSR count). The molecule has 5 nitrogen and oxygen atoms in total. The summed E-state index contributed by atoms with van der Waals surface area (Å²) in [5, 5.41) is 9.03. The van der Waals surface area contributed by atoms with Crippen LogP contribution in [0, 0.1) is 6.92 Å². The average Bonchev–Trinajstić information content (AvgIpc) is 2.82. The van der Waals surface area contributed by atoms with E-state index in [1.807, 2.05) is 48.0 Å². The van der Waals surface area contributed by atoms with Gasteiger partial charge < -0.3 is 0 Å². The van der Waals surface area contributed by atoms with Gasteiger partial charge in [-0.05, 0) is 19.1 Å². The fourth-order valence-electron chi connectivity index (χ4n) is 2.70. The summed E-state index contributed by atoms with van der Waals surface area (Å²) in [6.07, 6.45) is 3.57. The number of aryl methyl sites for hydroxylation is 1. The third-order valence-corrected chi connectivity index (χ3v) is 4.03. The largest absolute Gasteiger partial charge is 0.279 e. The minimum absolute atomic E-state index is 0.454. The van der Waals surface area contributed by atoms with Crippen LogP contribution >= 0.6 is 11.6 Å². The average molecular weight is 310 g/mol. The first kappa shape index (κ1) is 13.2. The molecule has 108 valence electrons. The summed E-state index contributed by atoms with van der Waals surface area (Å²) in [5.41, 5.74) is 3.67. The number of fused-ring (bicyclic) bond motifs is 3. The van der Waals surface area contributed by atoms with Crippen molar-refractivity contribution >= 4 is 17.3 Å². The van der Waals surface area contributed by atoms with Crippen LogP contribution < -0.4 is 0 Å². The zero-order chi connectivity index (χ0) is 15.1. The highest BCUT2D eigenvalue weighted by atomic mass is 35.5. The van der Waals surface area contributed by atoms with Crippen LogP contribution in [0.1, 0.15) is 22.8 Å². The molecule has 0 N–H and O–H groups in total. The second kappa shape index (κ2) is 5.03. The molecule has 0 atom stereocenters. The Morgan fingerprint density at radius 1 is 1.09 bits per heavy atom. The van der Waals surface area contributed by atoms with Crippen molar-refractivity contribution in [2.75, 3.05) is 0 Å². The molecule has 1 aliphatic rings. The molecule has 1 aromatic carbocycles. The second-order valence-electron chi connectivity index (χ2n) is 5.04. The lowest BCUT2D eigenvalue weighted by Crippen LogP contribution is -2.09. The second-order valence-corrected chi connectivity index (χ2v) is 5.44. The Bertz CT molecular complexity index is 897. The monoisotopic (exact) mass is 309 g/mol. The summed E-state index contributed by atoms with van der Waals surface area (Å²) in [4.78, 5) is 8.98. The molecule has 0 amide bonds. The number of aliphatic imine (C=N–C) groups is 1. The van der Waals surface area contributed by atoms with Gasteiger partial charge in [0.1, 0.15) is 12.4 Å². The van der Waals surface area contributed by atoms with Gasteiger partial charge in [0.2, 0.25) is 0 Å². The fourth-order valence-corrected chi connectivity index (χ4v) is 2.93. The van der Waals surface area contributed by atoms with Gasteiger partial charge in [0.15, 0.2) is 5.82 Å². The number of hydrogen-bond donors (Lipinski definition) is 0. The predicted octanol–water partition coefficient (Wildman–Crippen LogP) is 2.98. The molecule has 0 aliphatic carbocycles. The molecule has 1 aliphatic heterocycles. The Balaban J connectivity index is 2.01. The standard InChI is InChI=1S/C16H12ClN5/c1-10-20-21-15-9-19-16(11-4-2-3-5-13(11)17)12-6-7-18-8-14(12)22(10)15/h2-8H,9H2,1H3. The Labute approximate surface area is 132 Å². The Hall–Kier alpha value is -2.53. The Kier molecular flexibility index (Phi) is 3.01. The van der Waals surface area contributed by atoms with Crippen LogP contribution in [0.15, 0.2) is 47.7 Å². The SMILES string of the molecule is Cc1nnc2n1-c1cnccc1C(c1ccccc1Cl)=NC2. The summed E-state index contributed by atoms with van der Waals surface area (Å²) in [5.74, 6) is 1.62. The summed E-state index contributed by atoms with van der Waals surface area (Å²) in [6.45, 7) is 2.38. The molecule has 0 unspecified atom stereocenters. The third-order valence-electron chi connectivity index (χ3n) is 3.70. The lowest BCUT2D eigenvalue weighted by atomic mass is 10.0. The zero-order valence-electron chi connectivity index (χ0n) is 11.9. The highest BCUT2D eigenvalue weighted by molar-refractivity contribution is 6.35. The third kappa shape index (κ3) is 1.94. The molecule has 2 aromatic heterocycles. The van der Waals surface area contributed by atoms with Gasteiger partial charge in [-0.2, -0.15) is 0 Å². The maximum atomic E-state index is 6.36. The molecule has 0 radical (unpaired) electrons. The van der Waals surface area contributed by atoms with E-state index in [4.69, 9.17) is 16.6 Å². The maximum absolute atomic E-state index is 6.36. The fraction of sp³-hybridized carbons (Fsp3) is 0.125. The summed E-state index contributed by atoms with van der Waals surface area (Å²) >= 11 is 6.36. The van der Waals surface area contributed by atoms with E-state index >= 15 is 0 Å². The quantitative estimate of drug-likeness (QED) is 0.694. The van der Waals surface area contributed by atoms with E-state index in [0.29, 0.717) is 11.6 Å². The van der Waals surface area contributed by atoms with Crippen molar-refractivity contribution in [2.45, 2.75) is 13.5 Å². The van der Waals surface area contributed by atoms with Crippen molar-refractivity contribution in [2.24, 2.45) is 4.99 Å². The van der Waals surface area contributed by atoms with Crippen LogP contribution in [0.5, 0.6) is 0 Å². The Morgan fingerprint density at radius 2 is 1.95 bits per heavy atom. The minimum atomic E-state index is 0.454. The number of rotatable bonds is 1. The van der Waals surface area contributed by atoms with Crippen LogP contribution in [-0.4, -0.2) is 25.5 Å². The smallest absolute Gasteiger partial charge is 0.159 e. The van der Waals surface area contributed by atoms with Gasteiger partial charge in [-0.15, -0.1) is 10.2 Å². The van der Waals surface area contributed by atoms with Crippen molar-refractivity contribution in [1.82, 2.24) is 19.7 Å². The Morgan fingerprint density at radius 3 is 2.82 bits per heavy atom. The van der Waals surface area contributed by atoms with Crippen molar-refractivity contribution < 1.29 is 0 Å². The highest BCUT2D eigenvalue weighted by Gasteiger charge is 2.22. The van der Waals surface area contributed by atoms with E-state index in [-0.39, 0.29) is 0 Å². The van der Waals surface area contributed by atoms with Crippen LogP contribution in [0.2, 0.25) is 5.02 Å². The number of pyridine rings is 1. The molecule has 0 saturated carbocycles. The van der Waals surface area contributed by atoms with E-state index in [1.165, 1.54) is 0 Å². The number of halogens is 1. The number of aromatic nitrogens is 4. The lowest BCUT2D eigenvalue weighted by molar-refractivity contribution is 0.858. The van der Waals surface area contributed by atoms with Gasteiger partial charge in [0.05, 0.1) is 17.6 Å². The van der Waals surface area contributed by atoms with Gasteiger partial charge in [0, 0.05) is 22.3 Å². The van der Waals surface area contributed by atoms with E-state index in [9.17, 15) is 0 Å². The van der Waals surface area contributed by atoms with E-state index in [0.717, 1.165) is 34.2 Å². The number of nitrogens with zero attached hydrogens (tertiary/aromatic N) is 5. The van der Waals surface area contributed by atoms with Crippen molar-refractivity contribution in [1.29, 1.82) is 0 Å².